The molecule has 0 saturated heterocycles. The lowest BCUT2D eigenvalue weighted by Crippen LogP contribution is -2.28. The normalized spacial score (nSPS) is 12.5. The van der Waals surface area contributed by atoms with Crippen LogP contribution in [0.15, 0.2) is 30.3 Å². The van der Waals surface area contributed by atoms with Crippen molar-refractivity contribution < 1.29 is 14.3 Å². The van der Waals surface area contributed by atoms with Gasteiger partial charge in [-0.3, -0.25) is 4.79 Å². The van der Waals surface area contributed by atoms with Gasteiger partial charge in [-0.15, -0.1) is 0 Å². The molecule has 0 aliphatic carbocycles. The van der Waals surface area contributed by atoms with Crippen molar-refractivity contribution in [2.45, 2.75) is 13.5 Å². The van der Waals surface area contributed by atoms with Crippen molar-refractivity contribution in [2.75, 3.05) is 13.8 Å². The molecule has 0 radical (unpaired) electrons. The molecule has 110 valence electrons. The average Bonchev–Trinajstić information content (AvgIpc) is 3.05. The van der Waals surface area contributed by atoms with Crippen molar-refractivity contribution in [3.05, 3.63) is 47.3 Å². The summed E-state index contributed by atoms with van der Waals surface area (Å²) in [5.74, 6) is 1.50. The summed E-state index contributed by atoms with van der Waals surface area (Å²) in [5, 5.41) is 0. The molecule has 0 fully saturated rings. The van der Waals surface area contributed by atoms with Crippen molar-refractivity contribution in [1.82, 2.24) is 9.47 Å². The highest BCUT2D eigenvalue weighted by atomic mass is 16.7. The van der Waals surface area contributed by atoms with Gasteiger partial charge in [0.05, 0.1) is 0 Å². The van der Waals surface area contributed by atoms with Crippen LogP contribution in [0.1, 0.15) is 21.7 Å². The Morgan fingerprint density at radius 2 is 2.00 bits per heavy atom. The molecule has 1 aromatic carbocycles. The largest absolute Gasteiger partial charge is 0.454 e. The summed E-state index contributed by atoms with van der Waals surface area (Å²) >= 11 is 0. The molecule has 1 aliphatic rings. The molecule has 0 spiro atoms. The van der Waals surface area contributed by atoms with E-state index in [0.717, 1.165) is 22.8 Å². The molecular weight excluding hydrogens is 268 g/mol. The standard InChI is InChI=1S/C16H18N2O3/c1-11-4-6-13(18(11)3)16(19)17(2)9-12-5-7-14-15(8-12)21-10-20-14/h4-8H,9-10H2,1-3H3. The summed E-state index contributed by atoms with van der Waals surface area (Å²) in [6.07, 6.45) is 0. The van der Waals surface area contributed by atoms with E-state index in [1.807, 2.05) is 48.9 Å². The van der Waals surface area contributed by atoms with Crippen LogP contribution < -0.4 is 9.47 Å². The van der Waals surface area contributed by atoms with Crippen LogP contribution in [-0.2, 0) is 13.6 Å². The van der Waals surface area contributed by atoms with E-state index in [2.05, 4.69) is 0 Å². The number of hydrogen-bond acceptors (Lipinski definition) is 3. The predicted molar refractivity (Wildman–Crippen MR) is 78.5 cm³/mol. The molecule has 2 heterocycles. The Kier molecular flexibility index (Phi) is 3.33. The summed E-state index contributed by atoms with van der Waals surface area (Å²) < 4.78 is 12.5. The fourth-order valence-corrected chi connectivity index (χ4v) is 2.41. The summed E-state index contributed by atoms with van der Waals surface area (Å²) in [6.45, 7) is 2.77. The second kappa shape index (κ2) is 5.16. The van der Waals surface area contributed by atoms with E-state index in [0.29, 0.717) is 12.2 Å². The predicted octanol–water partition coefficient (Wildman–Crippen LogP) is 2.33. The third-order valence-corrected chi connectivity index (χ3v) is 3.80. The quantitative estimate of drug-likeness (QED) is 0.870. The van der Waals surface area contributed by atoms with Gasteiger partial charge in [0.2, 0.25) is 6.79 Å². The number of carbonyl (C=O) groups excluding carboxylic acids is 1. The molecule has 0 N–H and O–H groups in total. The van der Waals surface area contributed by atoms with Crippen molar-refractivity contribution in [1.29, 1.82) is 0 Å². The monoisotopic (exact) mass is 286 g/mol. The number of benzene rings is 1. The van der Waals surface area contributed by atoms with Crippen LogP contribution in [0.3, 0.4) is 0 Å². The van der Waals surface area contributed by atoms with Crippen molar-refractivity contribution in [3.63, 3.8) is 0 Å². The van der Waals surface area contributed by atoms with Gasteiger partial charge >= 0.3 is 0 Å². The minimum Gasteiger partial charge on any atom is -0.454 e. The molecular formula is C16H18N2O3. The van der Waals surface area contributed by atoms with Crippen LogP contribution in [0.2, 0.25) is 0 Å². The first-order valence-electron chi connectivity index (χ1n) is 6.82. The first kappa shape index (κ1) is 13.5. The third-order valence-electron chi connectivity index (χ3n) is 3.80. The SMILES string of the molecule is Cc1ccc(C(=O)N(C)Cc2ccc3c(c2)OCO3)n1C. The zero-order valence-corrected chi connectivity index (χ0v) is 12.4. The topological polar surface area (TPSA) is 43.7 Å². The van der Waals surface area contributed by atoms with Crippen molar-refractivity contribution >= 4 is 5.91 Å². The highest BCUT2D eigenvalue weighted by Gasteiger charge is 2.18. The Labute approximate surface area is 123 Å². The summed E-state index contributed by atoms with van der Waals surface area (Å²) in [7, 11) is 3.70. The van der Waals surface area contributed by atoms with Crippen LogP contribution in [0.5, 0.6) is 11.5 Å². The Hall–Kier alpha value is -2.43. The molecule has 0 atom stereocenters. The maximum atomic E-state index is 12.5. The number of rotatable bonds is 3. The lowest BCUT2D eigenvalue weighted by molar-refractivity contribution is 0.0775. The minimum atomic E-state index is 0.00302. The zero-order chi connectivity index (χ0) is 15.0. The molecule has 21 heavy (non-hydrogen) atoms. The third kappa shape index (κ3) is 2.46. The fourth-order valence-electron chi connectivity index (χ4n) is 2.41. The number of amides is 1. The highest BCUT2D eigenvalue weighted by Crippen LogP contribution is 2.32. The summed E-state index contributed by atoms with van der Waals surface area (Å²) in [5.41, 5.74) is 2.77. The maximum Gasteiger partial charge on any atom is 0.270 e. The van der Waals surface area contributed by atoms with Crippen LogP contribution in [0, 0.1) is 6.92 Å². The molecule has 1 amide bonds. The second-order valence-electron chi connectivity index (χ2n) is 5.27. The number of ether oxygens (including phenoxy) is 2. The fraction of sp³-hybridized carbons (Fsp3) is 0.312. The highest BCUT2D eigenvalue weighted by molar-refractivity contribution is 5.92. The molecule has 5 heteroatoms. The van der Waals surface area contributed by atoms with E-state index >= 15 is 0 Å². The molecule has 0 bridgehead atoms. The lowest BCUT2D eigenvalue weighted by Gasteiger charge is -2.18. The number of nitrogens with zero attached hydrogens (tertiary/aromatic N) is 2. The van der Waals surface area contributed by atoms with E-state index in [1.165, 1.54) is 0 Å². The van der Waals surface area contributed by atoms with Crippen molar-refractivity contribution in [2.24, 2.45) is 7.05 Å². The summed E-state index contributed by atoms with van der Waals surface area (Å²) in [6, 6.07) is 9.55. The Morgan fingerprint density at radius 1 is 1.24 bits per heavy atom. The number of aryl methyl sites for hydroxylation is 1. The molecule has 2 aromatic rings. The number of fused-ring (bicyclic) bond motifs is 1. The van der Waals surface area contributed by atoms with Crippen LogP contribution in [0.4, 0.5) is 0 Å². The van der Waals surface area contributed by atoms with Gasteiger partial charge in [-0.05, 0) is 36.8 Å². The first-order valence-corrected chi connectivity index (χ1v) is 6.82. The van der Waals surface area contributed by atoms with Gasteiger partial charge in [0.15, 0.2) is 11.5 Å². The van der Waals surface area contributed by atoms with Gasteiger partial charge in [-0.25, -0.2) is 0 Å². The van der Waals surface area contributed by atoms with Crippen LogP contribution in [0.25, 0.3) is 0 Å². The van der Waals surface area contributed by atoms with Gasteiger partial charge in [-0.1, -0.05) is 6.07 Å². The number of aromatic nitrogens is 1. The van der Waals surface area contributed by atoms with Crippen LogP contribution in [-0.4, -0.2) is 29.2 Å². The van der Waals surface area contributed by atoms with E-state index in [-0.39, 0.29) is 12.7 Å². The Balaban J connectivity index is 1.75. The second-order valence-corrected chi connectivity index (χ2v) is 5.27. The van der Waals surface area contributed by atoms with Gasteiger partial charge in [0.1, 0.15) is 5.69 Å². The molecule has 1 aromatic heterocycles. The van der Waals surface area contributed by atoms with E-state index in [1.54, 1.807) is 11.9 Å². The maximum absolute atomic E-state index is 12.5. The Bertz CT molecular complexity index is 691. The van der Waals surface area contributed by atoms with Gasteiger partial charge in [0.25, 0.3) is 5.91 Å². The van der Waals surface area contributed by atoms with E-state index in [9.17, 15) is 4.79 Å². The van der Waals surface area contributed by atoms with Gasteiger partial charge in [-0.2, -0.15) is 0 Å². The smallest absolute Gasteiger partial charge is 0.270 e. The molecule has 0 saturated carbocycles. The first-order chi connectivity index (χ1) is 10.1. The van der Waals surface area contributed by atoms with Crippen LogP contribution >= 0.6 is 0 Å². The van der Waals surface area contributed by atoms with Gasteiger partial charge < -0.3 is 18.9 Å². The lowest BCUT2D eigenvalue weighted by atomic mass is 10.2. The molecule has 0 unspecified atom stereocenters. The molecule has 5 nitrogen and oxygen atoms in total. The van der Waals surface area contributed by atoms with E-state index in [4.69, 9.17) is 9.47 Å². The molecule has 1 aliphatic heterocycles. The zero-order valence-electron chi connectivity index (χ0n) is 12.4. The molecule has 3 rings (SSSR count). The summed E-state index contributed by atoms with van der Waals surface area (Å²) in [4.78, 5) is 14.2. The Morgan fingerprint density at radius 3 is 2.71 bits per heavy atom. The van der Waals surface area contributed by atoms with Gasteiger partial charge in [0, 0.05) is 26.3 Å². The number of carbonyl (C=O) groups is 1. The average molecular weight is 286 g/mol. The minimum absolute atomic E-state index is 0.00302. The number of hydrogen-bond donors (Lipinski definition) is 0. The van der Waals surface area contributed by atoms with E-state index < -0.39 is 0 Å². The van der Waals surface area contributed by atoms with Crippen molar-refractivity contribution in [3.8, 4) is 11.5 Å².